The Morgan fingerprint density at radius 3 is 1.61 bits per heavy atom. The molecule has 0 amide bonds. The highest BCUT2D eigenvalue weighted by molar-refractivity contribution is 5.69. The van der Waals surface area contributed by atoms with E-state index in [2.05, 4.69) is 0 Å². The highest BCUT2D eigenvalue weighted by atomic mass is 16.3. The Balaban J connectivity index is 0.000000228. The standard InChI is InChI=1S/C12H10O.C6H6O2.CH2O/c13-12-9-5-4-8-11(12)10-6-2-1-3-7-10;7-5-2-1-3-6(8)4-5;1-2/h1-9,13H;1-4,7-8H;1H2. The molecule has 0 spiro atoms. The van der Waals surface area contributed by atoms with Crippen LogP contribution >= 0.6 is 0 Å². The van der Waals surface area contributed by atoms with Gasteiger partial charge in [-0.15, -0.1) is 0 Å². The number of phenols is 3. The molecule has 4 nitrogen and oxygen atoms in total. The van der Waals surface area contributed by atoms with E-state index < -0.39 is 0 Å². The number of rotatable bonds is 1. The van der Waals surface area contributed by atoms with Crippen LogP contribution in [0.15, 0.2) is 78.9 Å². The molecule has 3 aromatic rings. The number of benzene rings is 3. The molecule has 0 atom stereocenters. The minimum Gasteiger partial charge on any atom is -0.508 e. The fourth-order valence-electron chi connectivity index (χ4n) is 1.83. The van der Waals surface area contributed by atoms with Crippen LogP contribution in [0.4, 0.5) is 0 Å². The summed E-state index contributed by atoms with van der Waals surface area (Å²) in [5.74, 6) is 0.503. The van der Waals surface area contributed by atoms with Crippen molar-refractivity contribution in [1.29, 1.82) is 0 Å². The van der Waals surface area contributed by atoms with Crippen LogP contribution in [0.3, 0.4) is 0 Å². The highest BCUT2D eigenvalue weighted by Crippen LogP contribution is 2.27. The lowest BCUT2D eigenvalue weighted by molar-refractivity contribution is -0.0979. The zero-order chi connectivity index (χ0) is 17.1. The molecule has 0 bridgehead atoms. The van der Waals surface area contributed by atoms with Gasteiger partial charge in [-0.05, 0) is 23.8 Å². The van der Waals surface area contributed by atoms with Crippen molar-refractivity contribution in [1.82, 2.24) is 0 Å². The van der Waals surface area contributed by atoms with Crippen molar-refractivity contribution in [2.24, 2.45) is 0 Å². The summed E-state index contributed by atoms with van der Waals surface area (Å²) < 4.78 is 0. The van der Waals surface area contributed by atoms with Crippen molar-refractivity contribution < 1.29 is 20.1 Å². The molecule has 0 aromatic heterocycles. The molecule has 4 heteroatoms. The molecule has 0 unspecified atom stereocenters. The lowest BCUT2D eigenvalue weighted by Crippen LogP contribution is -1.76. The third-order valence-corrected chi connectivity index (χ3v) is 2.82. The Bertz CT molecular complexity index is 694. The molecule has 3 N–H and O–H groups in total. The molecule has 0 aliphatic heterocycles. The number of aromatic hydroxyl groups is 3. The molecule has 3 aromatic carbocycles. The minimum absolute atomic E-state index is 0.0880. The summed E-state index contributed by atoms with van der Waals surface area (Å²) in [6, 6.07) is 23.0. The van der Waals surface area contributed by atoms with E-state index in [9.17, 15) is 5.11 Å². The Morgan fingerprint density at radius 1 is 0.609 bits per heavy atom. The monoisotopic (exact) mass is 310 g/mol. The maximum Gasteiger partial charge on any atom is 0.123 e. The van der Waals surface area contributed by atoms with Crippen LogP contribution in [-0.4, -0.2) is 22.1 Å². The van der Waals surface area contributed by atoms with Crippen LogP contribution in [0.5, 0.6) is 17.2 Å². The SMILES string of the molecule is C=O.Oc1cccc(O)c1.Oc1ccccc1-c1ccccc1. The predicted molar refractivity (Wildman–Crippen MR) is 90.4 cm³/mol. The summed E-state index contributed by atoms with van der Waals surface area (Å²) in [7, 11) is 0. The summed E-state index contributed by atoms with van der Waals surface area (Å²) in [6.45, 7) is 2.00. The number of hydrogen-bond donors (Lipinski definition) is 3. The number of carbonyl (C=O) groups excluding carboxylic acids is 1. The predicted octanol–water partition coefficient (Wildman–Crippen LogP) is 3.97. The fraction of sp³-hybridized carbons (Fsp3) is 0. The van der Waals surface area contributed by atoms with Gasteiger partial charge in [0.15, 0.2) is 0 Å². The molecule has 23 heavy (non-hydrogen) atoms. The smallest absolute Gasteiger partial charge is 0.123 e. The van der Waals surface area contributed by atoms with Gasteiger partial charge in [-0.2, -0.15) is 0 Å². The molecule has 0 saturated heterocycles. The van der Waals surface area contributed by atoms with Gasteiger partial charge in [0.05, 0.1) is 0 Å². The van der Waals surface area contributed by atoms with E-state index in [4.69, 9.17) is 15.0 Å². The maximum atomic E-state index is 9.56. The zero-order valence-corrected chi connectivity index (χ0v) is 12.5. The summed E-state index contributed by atoms with van der Waals surface area (Å²) in [4.78, 5) is 8.00. The van der Waals surface area contributed by atoms with Crippen LogP contribution in [0.1, 0.15) is 0 Å². The van der Waals surface area contributed by atoms with Gasteiger partial charge < -0.3 is 20.1 Å². The van der Waals surface area contributed by atoms with Gasteiger partial charge >= 0.3 is 0 Å². The third-order valence-electron chi connectivity index (χ3n) is 2.82. The van der Waals surface area contributed by atoms with Crippen molar-refractivity contribution in [3.05, 3.63) is 78.9 Å². The van der Waals surface area contributed by atoms with Gasteiger partial charge in [0.2, 0.25) is 0 Å². The van der Waals surface area contributed by atoms with Crippen LogP contribution in [-0.2, 0) is 4.79 Å². The quantitative estimate of drug-likeness (QED) is 0.635. The molecule has 0 aliphatic rings. The van der Waals surface area contributed by atoms with E-state index in [0.717, 1.165) is 11.1 Å². The molecule has 118 valence electrons. The van der Waals surface area contributed by atoms with Crippen LogP contribution < -0.4 is 0 Å². The van der Waals surface area contributed by atoms with E-state index in [1.54, 1.807) is 12.1 Å². The molecule has 0 aliphatic carbocycles. The van der Waals surface area contributed by atoms with Crippen molar-refractivity contribution >= 4 is 6.79 Å². The van der Waals surface area contributed by atoms with Crippen LogP contribution in [0.2, 0.25) is 0 Å². The number of para-hydroxylation sites is 1. The summed E-state index contributed by atoms with van der Waals surface area (Å²) in [5, 5.41) is 26.9. The first-order chi connectivity index (χ1) is 11.2. The van der Waals surface area contributed by atoms with Gasteiger partial charge in [-0.25, -0.2) is 0 Å². The number of carbonyl (C=O) groups is 1. The fourth-order valence-corrected chi connectivity index (χ4v) is 1.83. The van der Waals surface area contributed by atoms with Crippen molar-refractivity contribution in [3.63, 3.8) is 0 Å². The molecule has 0 heterocycles. The normalized spacial score (nSPS) is 8.87. The van der Waals surface area contributed by atoms with Crippen molar-refractivity contribution in [2.75, 3.05) is 0 Å². The molecular formula is C19H18O4. The Hall–Kier alpha value is -3.27. The minimum atomic E-state index is 0.0880. The topological polar surface area (TPSA) is 77.8 Å². The van der Waals surface area contributed by atoms with Crippen LogP contribution in [0, 0.1) is 0 Å². The number of hydrogen-bond acceptors (Lipinski definition) is 4. The molecule has 0 radical (unpaired) electrons. The van der Waals surface area contributed by atoms with E-state index in [0.29, 0.717) is 5.75 Å². The lowest BCUT2D eigenvalue weighted by atomic mass is 10.1. The second-order valence-electron chi connectivity index (χ2n) is 4.40. The van der Waals surface area contributed by atoms with E-state index in [1.807, 2.05) is 55.3 Å². The first kappa shape index (κ1) is 17.8. The average molecular weight is 310 g/mol. The third kappa shape index (κ3) is 5.93. The highest BCUT2D eigenvalue weighted by Gasteiger charge is 2.00. The summed E-state index contributed by atoms with van der Waals surface area (Å²) in [6.07, 6.45) is 0. The Morgan fingerprint density at radius 2 is 1.13 bits per heavy atom. The molecular weight excluding hydrogens is 292 g/mol. The second kappa shape index (κ2) is 9.63. The molecule has 0 saturated carbocycles. The van der Waals surface area contributed by atoms with E-state index >= 15 is 0 Å². The first-order valence-electron chi connectivity index (χ1n) is 6.77. The Kier molecular flexibility index (Phi) is 7.44. The van der Waals surface area contributed by atoms with Gasteiger partial charge in [-0.3, -0.25) is 0 Å². The van der Waals surface area contributed by atoms with Crippen molar-refractivity contribution in [3.8, 4) is 28.4 Å². The number of phenolic OH excluding ortho intramolecular Hbond substituents is 3. The molecule has 3 rings (SSSR count). The van der Waals surface area contributed by atoms with Gasteiger partial charge in [0.1, 0.15) is 24.0 Å². The first-order valence-corrected chi connectivity index (χ1v) is 6.77. The van der Waals surface area contributed by atoms with Crippen molar-refractivity contribution in [2.45, 2.75) is 0 Å². The van der Waals surface area contributed by atoms with E-state index in [-0.39, 0.29) is 11.5 Å². The second-order valence-corrected chi connectivity index (χ2v) is 4.40. The largest absolute Gasteiger partial charge is 0.508 e. The van der Waals surface area contributed by atoms with Gasteiger partial charge in [0, 0.05) is 11.6 Å². The Labute approximate surface area is 134 Å². The van der Waals surface area contributed by atoms with E-state index in [1.165, 1.54) is 18.2 Å². The molecule has 0 fully saturated rings. The summed E-state index contributed by atoms with van der Waals surface area (Å²) in [5.41, 5.74) is 1.92. The maximum absolute atomic E-state index is 9.56. The van der Waals surface area contributed by atoms with Gasteiger partial charge in [0.25, 0.3) is 0 Å². The van der Waals surface area contributed by atoms with Crippen LogP contribution in [0.25, 0.3) is 11.1 Å². The summed E-state index contributed by atoms with van der Waals surface area (Å²) >= 11 is 0. The lowest BCUT2D eigenvalue weighted by Gasteiger charge is -2.02. The zero-order valence-electron chi connectivity index (χ0n) is 12.5. The van der Waals surface area contributed by atoms with Gasteiger partial charge in [-0.1, -0.05) is 54.6 Å². The average Bonchev–Trinajstić information content (AvgIpc) is 2.58.